The lowest BCUT2D eigenvalue weighted by atomic mass is 10.4. The van der Waals surface area contributed by atoms with E-state index in [-0.39, 0.29) is 39.6 Å². The highest BCUT2D eigenvalue weighted by molar-refractivity contribution is 5.81. The molecule has 0 radical (unpaired) electrons. The first kappa shape index (κ1) is 27.7. The maximum absolute atomic E-state index is 11.7. The molecule has 0 aliphatic rings. The SMILES string of the molecule is C=CC(=O)OCC(COC(=O)OCCOCCCC)OC(=O)OCCOCCCC. The highest BCUT2D eigenvalue weighted by Gasteiger charge is 2.20. The van der Waals surface area contributed by atoms with Gasteiger partial charge in [-0.2, -0.15) is 0 Å². The third-order valence-corrected chi connectivity index (χ3v) is 3.41. The van der Waals surface area contributed by atoms with Crippen LogP contribution in [0.25, 0.3) is 0 Å². The zero-order valence-corrected chi connectivity index (χ0v) is 17.9. The Kier molecular flexibility index (Phi) is 18.4. The van der Waals surface area contributed by atoms with E-state index >= 15 is 0 Å². The van der Waals surface area contributed by atoms with Gasteiger partial charge in [0, 0.05) is 19.3 Å². The van der Waals surface area contributed by atoms with Gasteiger partial charge in [-0.1, -0.05) is 33.3 Å². The minimum atomic E-state index is -1.07. The van der Waals surface area contributed by atoms with Crippen LogP contribution in [0.1, 0.15) is 39.5 Å². The predicted octanol–water partition coefficient (Wildman–Crippen LogP) is 3.02. The van der Waals surface area contributed by atoms with Crippen LogP contribution in [0.4, 0.5) is 9.59 Å². The average Bonchev–Trinajstić information content (AvgIpc) is 2.74. The van der Waals surface area contributed by atoms with E-state index in [9.17, 15) is 14.4 Å². The summed E-state index contributed by atoms with van der Waals surface area (Å²) in [5, 5.41) is 0. The molecule has 0 N–H and O–H groups in total. The zero-order chi connectivity index (χ0) is 22.5. The Bertz CT molecular complexity index is 480. The number of esters is 1. The molecule has 0 aliphatic carbocycles. The number of hydrogen-bond acceptors (Lipinski definition) is 10. The quantitative estimate of drug-likeness (QED) is 0.138. The molecule has 0 aromatic carbocycles. The van der Waals surface area contributed by atoms with Crippen molar-refractivity contribution < 1.29 is 47.5 Å². The van der Waals surface area contributed by atoms with E-state index < -0.39 is 24.4 Å². The normalized spacial score (nSPS) is 11.3. The Morgan fingerprint density at radius 2 is 1.27 bits per heavy atom. The zero-order valence-electron chi connectivity index (χ0n) is 17.9. The van der Waals surface area contributed by atoms with Crippen LogP contribution in [0, 0.1) is 0 Å². The highest BCUT2D eigenvalue weighted by Crippen LogP contribution is 2.01. The second-order valence-corrected chi connectivity index (χ2v) is 6.01. The van der Waals surface area contributed by atoms with Gasteiger partial charge in [-0.3, -0.25) is 0 Å². The summed E-state index contributed by atoms with van der Waals surface area (Å²) in [4.78, 5) is 34.6. The maximum atomic E-state index is 11.7. The van der Waals surface area contributed by atoms with Gasteiger partial charge in [0.2, 0.25) is 0 Å². The molecule has 0 fully saturated rings. The van der Waals surface area contributed by atoms with Crippen molar-refractivity contribution in [2.24, 2.45) is 0 Å². The van der Waals surface area contributed by atoms with Crippen LogP contribution in [0.5, 0.6) is 0 Å². The summed E-state index contributed by atoms with van der Waals surface area (Å²) in [6.07, 6.45) is 1.77. The third kappa shape index (κ3) is 17.7. The van der Waals surface area contributed by atoms with Crippen LogP contribution in [-0.4, -0.2) is 77.2 Å². The maximum Gasteiger partial charge on any atom is 0.508 e. The standard InChI is InChI=1S/C20H34O10/c1-4-7-9-24-11-13-26-19(22)29-16-17(15-28-18(21)6-3)30-20(23)27-14-12-25-10-8-5-2/h6,17H,3-5,7-16H2,1-2H3. The fourth-order valence-corrected chi connectivity index (χ4v) is 1.79. The first-order valence-corrected chi connectivity index (χ1v) is 10.1. The van der Waals surface area contributed by atoms with E-state index in [1.54, 1.807) is 0 Å². The lowest BCUT2D eigenvalue weighted by Crippen LogP contribution is -2.31. The Hall–Kier alpha value is -2.33. The molecule has 0 aromatic heterocycles. The van der Waals surface area contributed by atoms with Crippen LogP contribution in [0.3, 0.4) is 0 Å². The van der Waals surface area contributed by atoms with Crippen LogP contribution >= 0.6 is 0 Å². The van der Waals surface area contributed by atoms with Gasteiger partial charge in [0.1, 0.15) is 26.4 Å². The number of hydrogen-bond donors (Lipinski definition) is 0. The van der Waals surface area contributed by atoms with Crippen LogP contribution < -0.4 is 0 Å². The molecule has 0 aliphatic heterocycles. The Balaban J connectivity index is 4.19. The molecular formula is C20H34O10. The molecule has 0 saturated heterocycles. The Morgan fingerprint density at radius 3 is 1.80 bits per heavy atom. The van der Waals surface area contributed by atoms with Gasteiger partial charge in [0.25, 0.3) is 0 Å². The minimum Gasteiger partial charge on any atom is -0.458 e. The molecule has 10 heteroatoms. The number of carbonyl (C=O) groups is 3. The summed E-state index contributed by atoms with van der Waals surface area (Å²) >= 11 is 0. The van der Waals surface area contributed by atoms with Crippen molar-refractivity contribution in [1.82, 2.24) is 0 Å². The smallest absolute Gasteiger partial charge is 0.458 e. The first-order valence-electron chi connectivity index (χ1n) is 10.1. The highest BCUT2D eigenvalue weighted by atomic mass is 16.8. The van der Waals surface area contributed by atoms with E-state index in [1.165, 1.54) is 0 Å². The van der Waals surface area contributed by atoms with Crippen molar-refractivity contribution in [3.8, 4) is 0 Å². The van der Waals surface area contributed by atoms with Crippen LogP contribution in [-0.2, 0) is 38.0 Å². The molecule has 174 valence electrons. The van der Waals surface area contributed by atoms with Gasteiger partial charge in [-0.15, -0.1) is 0 Å². The summed E-state index contributed by atoms with van der Waals surface area (Å²) < 4.78 is 34.9. The van der Waals surface area contributed by atoms with E-state index in [0.29, 0.717) is 13.2 Å². The van der Waals surface area contributed by atoms with Crippen molar-refractivity contribution in [3.05, 3.63) is 12.7 Å². The molecule has 0 heterocycles. The van der Waals surface area contributed by atoms with Gasteiger partial charge >= 0.3 is 18.3 Å². The van der Waals surface area contributed by atoms with Gasteiger partial charge in [-0.05, 0) is 12.8 Å². The van der Waals surface area contributed by atoms with Gasteiger partial charge in [-0.25, -0.2) is 14.4 Å². The van der Waals surface area contributed by atoms with Crippen molar-refractivity contribution >= 4 is 18.3 Å². The topological polar surface area (TPSA) is 116 Å². The molecule has 0 bridgehead atoms. The third-order valence-electron chi connectivity index (χ3n) is 3.41. The lowest BCUT2D eigenvalue weighted by Gasteiger charge is -2.17. The van der Waals surface area contributed by atoms with Crippen molar-refractivity contribution in [2.45, 2.75) is 45.6 Å². The number of ether oxygens (including phenoxy) is 7. The molecule has 10 nitrogen and oxygen atoms in total. The molecule has 30 heavy (non-hydrogen) atoms. The van der Waals surface area contributed by atoms with Crippen molar-refractivity contribution in [2.75, 3.05) is 52.9 Å². The average molecular weight is 434 g/mol. The molecule has 1 unspecified atom stereocenters. The van der Waals surface area contributed by atoms with Crippen molar-refractivity contribution in [1.29, 1.82) is 0 Å². The molecule has 0 aromatic rings. The lowest BCUT2D eigenvalue weighted by molar-refractivity contribution is -0.142. The molecular weight excluding hydrogens is 400 g/mol. The molecule has 1 atom stereocenters. The second-order valence-electron chi connectivity index (χ2n) is 6.01. The molecule has 0 saturated carbocycles. The summed E-state index contributed by atoms with van der Waals surface area (Å²) in [5.74, 6) is -0.715. The first-order chi connectivity index (χ1) is 14.5. The number of carbonyl (C=O) groups excluding carboxylic acids is 3. The van der Waals surface area contributed by atoms with Gasteiger partial charge in [0.15, 0.2) is 6.10 Å². The van der Waals surface area contributed by atoms with E-state index in [4.69, 9.17) is 33.2 Å². The molecule has 0 amide bonds. The summed E-state index contributed by atoms with van der Waals surface area (Å²) in [6.45, 7) is 8.29. The van der Waals surface area contributed by atoms with E-state index in [2.05, 4.69) is 6.58 Å². The fraction of sp³-hybridized carbons (Fsp3) is 0.750. The monoisotopic (exact) mass is 434 g/mol. The predicted molar refractivity (Wildman–Crippen MR) is 106 cm³/mol. The summed E-state index contributed by atoms with van der Waals surface area (Å²) in [6, 6.07) is 0. The largest absolute Gasteiger partial charge is 0.508 e. The molecule has 0 spiro atoms. The summed E-state index contributed by atoms with van der Waals surface area (Å²) in [7, 11) is 0. The minimum absolute atomic E-state index is 0.00262. The molecule has 0 rings (SSSR count). The number of unbranched alkanes of at least 4 members (excludes halogenated alkanes) is 2. The fourth-order valence-electron chi connectivity index (χ4n) is 1.79. The number of rotatable bonds is 18. The van der Waals surface area contributed by atoms with Gasteiger partial charge < -0.3 is 33.2 Å². The second kappa shape index (κ2) is 20.0. The summed E-state index contributed by atoms with van der Waals surface area (Å²) in [5.41, 5.74) is 0. The van der Waals surface area contributed by atoms with E-state index in [1.807, 2.05) is 13.8 Å². The Labute approximate surface area is 177 Å². The van der Waals surface area contributed by atoms with Gasteiger partial charge in [0.05, 0.1) is 13.2 Å². The van der Waals surface area contributed by atoms with Crippen LogP contribution in [0.15, 0.2) is 12.7 Å². The van der Waals surface area contributed by atoms with Crippen LogP contribution in [0.2, 0.25) is 0 Å². The Morgan fingerprint density at radius 1 is 0.733 bits per heavy atom. The van der Waals surface area contributed by atoms with E-state index in [0.717, 1.165) is 31.8 Å². The van der Waals surface area contributed by atoms with Crippen molar-refractivity contribution in [3.63, 3.8) is 0 Å².